The van der Waals surface area contributed by atoms with Crippen molar-refractivity contribution >= 4 is 5.97 Å². The maximum absolute atomic E-state index is 12.1. The molecule has 2 fully saturated rings. The highest BCUT2D eigenvalue weighted by atomic mass is 16.5. The molecule has 0 aromatic rings. The molecule has 20 heavy (non-hydrogen) atoms. The minimum absolute atomic E-state index is 0.0913. The van der Waals surface area contributed by atoms with Gasteiger partial charge in [-0.25, -0.2) is 0 Å². The van der Waals surface area contributed by atoms with Crippen LogP contribution < -0.4 is 5.32 Å². The Bertz CT molecular complexity index is 318. The summed E-state index contributed by atoms with van der Waals surface area (Å²) in [6, 6.07) is 0.967. The van der Waals surface area contributed by atoms with Crippen molar-refractivity contribution in [3.05, 3.63) is 0 Å². The topological polar surface area (TPSA) is 44.8 Å². The van der Waals surface area contributed by atoms with E-state index in [1.807, 2.05) is 6.92 Å². The molecule has 0 bridgehead atoms. The van der Waals surface area contributed by atoms with Gasteiger partial charge in [-0.15, -0.1) is 0 Å². The van der Waals surface area contributed by atoms with E-state index in [-0.39, 0.29) is 12.0 Å². The first-order chi connectivity index (χ1) is 9.60. The summed E-state index contributed by atoms with van der Waals surface area (Å²) in [6.07, 6.45) is 4.85. The van der Waals surface area contributed by atoms with Crippen molar-refractivity contribution in [3.8, 4) is 0 Å². The van der Waals surface area contributed by atoms with E-state index in [9.17, 15) is 4.79 Å². The summed E-state index contributed by atoms with van der Waals surface area (Å²) in [5, 5.41) is 3.44. The highest BCUT2D eigenvalue weighted by Crippen LogP contribution is 2.20. The summed E-state index contributed by atoms with van der Waals surface area (Å²) in [4.78, 5) is 16.8. The Hall–Kier alpha value is -0.650. The van der Waals surface area contributed by atoms with Gasteiger partial charge in [0.05, 0.1) is 6.61 Å². The molecule has 116 valence electrons. The third-order valence-electron chi connectivity index (χ3n) is 4.24. The molecule has 0 aromatic carbocycles. The van der Waals surface area contributed by atoms with Crippen LogP contribution in [0.15, 0.2) is 0 Å². The van der Waals surface area contributed by atoms with Crippen LogP contribution in [0, 0.1) is 0 Å². The van der Waals surface area contributed by atoms with Gasteiger partial charge in [0, 0.05) is 25.2 Å². The van der Waals surface area contributed by atoms with Crippen molar-refractivity contribution in [3.63, 3.8) is 0 Å². The number of ether oxygens (including phenoxy) is 1. The number of piperidine rings is 1. The number of nitrogens with zero attached hydrogens (tertiary/aromatic N) is 2. The average Bonchev–Trinajstić information content (AvgIpc) is 3.22. The molecule has 0 amide bonds. The van der Waals surface area contributed by atoms with E-state index in [1.54, 1.807) is 0 Å². The predicted octanol–water partition coefficient (Wildman–Crippen LogP) is 0.696. The van der Waals surface area contributed by atoms with Crippen LogP contribution in [0.3, 0.4) is 0 Å². The number of nitrogens with one attached hydrogen (secondary N) is 1. The molecule has 0 spiro atoms. The Morgan fingerprint density at radius 3 is 2.75 bits per heavy atom. The van der Waals surface area contributed by atoms with Crippen molar-refractivity contribution < 1.29 is 9.53 Å². The molecule has 1 aliphatic heterocycles. The normalized spacial score (nSPS) is 25.7. The number of hydrogen-bond donors (Lipinski definition) is 1. The molecule has 2 atom stereocenters. The van der Waals surface area contributed by atoms with E-state index >= 15 is 0 Å². The maximum Gasteiger partial charge on any atom is 0.324 e. The van der Waals surface area contributed by atoms with Crippen molar-refractivity contribution in [2.24, 2.45) is 0 Å². The molecule has 1 heterocycles. The maximum atomic E-state index is 12.1. The lowest BCUT2D eigenvalue weighted by atomic mass is 10.0. The van der Waals surface area contributed by atoms with Gasteiger partial charge < -0.3 is 15.0 Å². The molecular weight excluding hydrogens is 254 g/mol. The van der Waals surface area contributed by atoms with Gasteiger partial charge in [-0.2, -0.15) is 0 Å². The standard InChI is InChI=1S/C15H29N3O2/c1-4-20-15(19)14(16-12-7-8-12)11-18-9-5-6-13(10-18)17(2)3/h12-14,16H,4-11H2,1-3H3. The monoisotopic (exact) mass is 283 g/mol. The molecule has 2 unspecified atom stereocenters. The van der Waals surface area contributed by atoms with E-state index in [4.69, 9.17) is 4.74 Å². The van der Waals surface area contributed by atoms with Gasteiger partial charge in [0.2, 0.25) is 0 Å². The summed E-state index contributed by atoms with van der Waals surface area (Å²) < 4.78 is 5.21. The van der Waals surface area contributed by atoms with Crippen LogP contribution in [-0.2, 0) is 9.53 Å². The second kappa shape index (κ2) is 7.38. The number of carbonyl (C=O) groups excluding carboxylic acids is 1. The predicted molar refractivity (Wildman–Crippen MR) is 79.7 cm³/mol. The van der Waals surface area contributed by atoms with Crippen LogP contribution >= 0.6 is 0 Å². The first-order valence-electron chi connectivity index (χ1n) is 7.91. The summed E-state index contributed by atoms with van der Waals surface area (Å²) in [7, 11) is 4.28. The summed E-state index contributed by atoms with van der Waals surface area (Å²) in [6.45, 7) is 5.25. The van der Waals surface area contributed by atoms with Crippen molar-refractivity contribution in [2.75, 3.05) is 40.3 Å². The zero-order valence-electron chi connectivity index (χ0n) is 13.1. The van der Waals surface area contributed by atoms with E-state index < -0.39 is 0 Å². The minimum atomic E-state index is -0.164. The van der Waals surface area contributed by atoms with E-state index in [0.717, 1.165) is 19.6 Å². The molecule has 1 N–H and O–H groups in total. The quantitative estimate of drug-likeness (QED) is 0.697. The van der Waals surface area contributed by atoms with Gasteiger partial charge >= 0.3 is 5.97 Å². The Balaban J connectivity index is 1.86. The molecule has 0 radical (unpaired) electrons. The number of rotatable bonds is 7. The van der Waals surface area contributed by atoms with Gasteiger partial charge in [-0.05, 0) is 53.2 Å². The van der Waals surface area contributed by atoms with Crippen LogP contribution in [0.4, 0.5) is 0 Å². The fraction of sp³-hybridized carbons (Fsp3) is 0.933. The van der Waals surface area contributed by atoms with Crippen molar-refractivity contribution in [2.45, 2.75) is 50.7 Å². The molecule has 5 nitrogen and oxygen atoms in total. The fourth-order valence-corrected chi connectivity index (χ4v) is 2.85. The molecule has 0 aromatic heterocycles. The molecule has 5 heteroatoms. The lowest BCUT2D eigenvalue weighted by molar-refractivity contribution is -0.146. The number of likely N-dealkylation sites (tertiary alicyclic amines) is 1. The van der Waals surface area contributed by atoms with Crippen LogP contribution in [0.5, 0.6) is 0 Å². The Morgan fingerprint density at radius 2 is 2.15 bits per heavy atom. The molecular formula is C15H29N3O2. The zero-order valence-corrected chi connectivity index (χ0v) is 13.1. The number of hydrogen-bond acceptors (Lipinski definition) is 5. The third kappa shape index (κ3) is 4.72. The molecule has 1 aliphatic carbocycles. The van der Waals surface area contributed by atoms with Gasteiger partial charge in [0.1, 0.15) is 6.04 Å². The summed E-state index contributed by atoms with van der Waals surface area (Å²) in [5.41, 5.74) is 0. The smallest absolute Gasteiger partial charge is 0.324 e. The lowest BCUT2D eigenvalue weighted by Crippen LogP contribution is -2.52. The van der Waals surface area contributed by atoms with Crippen molar-refractivity contribution in [1.82, 2.24) is 15.1 Å². The highest BCUT2D eigenvalue weighted by Gasteiger charge is 2.32. The SMILES string of the molecule is CCOC(=O)C(CN1CCCC(N(C)C)C1)NC1CC1. The summed E-state index contributed by atoms with van der Waals surface area (Å²) >= 11 is 0. The molecule has 1 saturated carbocycles. The Kier molecular flexibility index (Phi) is 5.81. The zero-order chi connectivity index (χ0) is 14.5. The number of carbonyl (C=O) groups is 1. The van der Waals surface area contributed by atoms with Crippen LogP contribution in [-0.4, -0.2) is 74.2 Å². The van der Waals surface area contributed by atoms with Crippen LogP contribution in [0.25, 0.3) is 0 Å². The summed E-state index contributed by atoms with van der Waals surface area (Å²) in [5.74, 6) is -0.0913. The Morgan fingerprint density at radius 1 is 1.40 bits per heavy atom. The number of likely N-dealkylation sites (N-methyl/N-ethyl adjacent to an activating group) is 1. The Labute approximate surface area is 122 Å². The van der Waals surface area contributed by atoms with E-state index in [0.29, 0.717) is 18.7 Å². The second-order valence-corrected chi connectivity index (χ2v) is 6.26. The third-order valence-corrected chi connectivity index (χ3v) is 4.24. The van der Waals surface area contributed by atoms with Gasteiger partial charge in [0.15, 0.2) is 0 Å². The van der Waals surface area contributed by atoms with Gasteiger partial charge in [0.25, 0.3) is 0 Å². The first kappa shape index (κ1) is 15.7. The highest BCUT2D eigenvalue weighted by molar-refractivity contribution is 5.76. The van der Waals surface area contributed by atoms with E-state index in [2.05, 4.69) is 29.2 Å². The molecule has 2 aliphatic rings. The van der Waals surface area contributed by atoms with E-state index in [1.165, 1.54) is 25.7 Å². The van der Waals surface area contributed by atoms with Crippen molar-refractivity contribution in [1.29, 1.82) is 0 Å². The molecule has 2 rings (SSSR count). The van der Waals surface area contributed by atoms with Crippen LogP contribution in [0.2, 0.25) is 0 Å². The van der Waals surface area contributed by atoms with Gasteiger partial charge in [-0.1, -0.05) is 0 Å². The average molecular weight is 283 g/mol. The first-order valence-corrected chi connectivity index (χ1v) is 7.91. The number of esters is 1. The fourth-order valence-electron chi connectivity index (χ4n) is 2.85. The van der Waals surface area contributed by atoms with Crippen LogP contribution in [0.1, 0.15) is 32.6 Å². The minimum Gasteiger partial charge on any atom is -0.465 e. The van der Waals surface area contributed by atoms with Gasteiger partial charge in [-0.3, -0.25) is 9.69 Å². The molecule has 1 saturated heterocycles. The largest absolute Gasteiger partial charge is 0.465 e. The lowest BCUT2D eigenvalue weighted by Gasteiger charge is -2.37. The second-order valence-electron chi connectivity index (χ2n) is 6.26.